The Bertz CT molecular complexity index is 1070. The van der Waals surface area contributed by atoms with Gasteiger partial charge in [0.2, 0.25) is 0 Å². The average Bonchev–Trinajstić information content (AvgIpc) is 2.69. The van der Waals surface area contributed by atoms with E-state index >= 15 is 0 Å². The Morgan fingerprint density at radius 3 is 2.37 bits per heavy atom. The molecule has 3 N–H and O–H groups in total. The highest BCUT2D eigenvalue weighted by Crippen LogP contribution is 2.23. The normalized spacial score (nSPS) is 10.7. The summed E-state index contributed by atoms with van der Waals surface area (Å²) in [6.07, 6.45) is 3.38. The van der Waals surface area contributed by atoms with E-state index in [2.05, 4.69) is 42.4 Å². The minimum absolute atomic E-state index is 0.677. The molecule has 6 nitrogen and oxygen atoms in total. The molecular weight excluding hydrogens is 356 g/mol. The van der Waals surface area contributed by atoms with Crippen molar-refractivity contribution >= 4 is 45.9 Å². The van der Waals surface area contributed by atoms with Crippen molar-refractivity contribution in [1.82, 2.24) is 19.7 Å². The van der Waals surface area contributed by atoms with Crippen LogP contribution in [0, 0.1) is 0 Å². The SMILES string of the molecule is CNSc1cccc(Nc2cc(Nc3cc4ccccc4cn3)ncn2)c1. The first-order valence-corrected chi connectivity index (χ1v) is 9.26. The van der Waals surface area contributed by atoms with E-state index in [1.807, 2.05) is 61.8 Å². The lowest BCUT2D eigenvalue weighted by atomic mass is 10.2. The molecule has 0 spiro atoms. The van der Waals surface area contributed by atoms with Crippen molar-refractivity contribution in [3.63, 3.8) is 0 Å². The predicted octanol–water partition coefficient (Wildman–Crippen LogP) is 4.74. The summed E-state index contributed by atoms with van der Waals surface area (Å²) in [7, 11) is 1.90. The van der Waals surface area contributed by atoms with Gasteiger partial charge < -0.3 is 10.6 Å². The molecule has 4 rings (SSSR count). The summed E-state index contributed by atoms with van der Waals surface area (Å²) in [6, 6.07) is 20.1. The lowest BCUT2D eigenvalue weighted by Crippen LogP contribution is -2.00. The Kier molecular flexibility index (Phi) is 5.13. The van der Waals surface area contributed by atoms with Crippen LogP contribution in [0.25, 0.3) is 10.8 Å². The van der Waals surface area contributed by atoms with Crippen LogP contribution < -0.4 is 15.4 Å². The van der Waals surface area contributed by atoms with Gasteiger partial charge in [-0.05, 0) is 48.6 Å². The van der Waals surface area contributed by atoms with Crippen LogP contribution in [0.1, 0.15) is 0 Å². The van der Waals surface area contributed by atoms with Crippen molar-refractivity contribution in [1.29, 1.82) is 0 Å². The highest BCUT2D eigenvalue weighted by atomic mass is 32.2. The number of hydrogen-bond acceptors (Lipinski definition) is 7. The molecule has 2 aromatic heterocycles. The summed E-state index contributed by atoms with van der Waals surface area (Å²) in [5.74, 6) is 2.13. The zero-order valence-electron chi connectivity index (χ0n) is 14.7. The second kappa shape index (κ2) is 8.03. The number of nitrogens with one attached hydrogen (secondary N) is 3. The van der Waals surface area contributed by atoms with Crippen LogP contribution in [0.2, 0.25) is 0 Å². The molecule has 0 saturated heterocycles. The Balaban J connectivity index is 1.52. The minimum Gasteiger partial charge on any atom is -0.340 e. The lowest BCUT2D eigenvalue weighted by molar-refractivity contribution is 1.16. The maximum atomic E-state index is 4.45. The van der Waals surface area contributed by atoms with E-state index in [0.717, 1.165) is 27.2 Å². The van der Waals surface area contributed by atoms with Gasteiger partial charge in [0.1, 0.15) is 23.8 Å². The van der Waals surface area contributed by atoms with Gasteiger partial charge >= 0.3 is 0 Å². The van der Waals surface area contributed by atoms with Crippen LogP contribution in [0.3, 0.4) is 0 Å². The standard InChI is InChI=1S/C20H18N6S/c1-21-27-17-8-4-7-16(10-17)25-19-11-20(24-13-23-19)26-18-9-14-5-2-3-6-15(14)12-22-18/h2-13,21H,1H3,(H2,22,23,24,25,26). The molecule has 134 valence electrons. The van der Waals surface area contributed by atoms with Gasteiger partial charge in [-0.3, -0.25) is 4.72 Å². The Hall–Kier alpha value is -3.16. The Morgan fingerprint density at radius 1 is 0.741 bits per heavy atom. The second-order valence-electron chi connectivity index (χ2n) is 5.79. The molecule has 0 unspecified atom stereocenters. The van der Waals surface area contributed by atoms with Crippen LogP contribution in [0.4, 0.5) is 23.1 Å². The third kappa shape index (κ3) is 4.33. The first kappa shape index (κ1) is 17.3. The van der Waals surface area contributed by atoms with Gasteiger partial charge in [-0.25, -0.2) is 15.0 Å². The fraction of sp³-hybridized carbons (Fsp3) is 0.0500. The van der Waals surface area contributed by atoms with Crippen LogP contribution in [0.15, 0.2) is 78.1 Å². The van der Waals surface area contributed by atoms with E-state index in [1.54, 1.807) is 11.9 Å². The summed E-state index contributed by atoms with van der Waals surface area (Å²) in [5, 5.41) is 8.77. The van der Waals surface area contributed by atoms with E-state index in [1.165, 1.54) is 6.33 Å². The molecule has 2 heterocycles. The minimum atomic E-state index is 0.677. The number of nitrogens with zero attached hydrogens (tertiary/aromatic N) is 3. The molecule has 0 aliphatic rings. The van der Waals surface area contributed by atoms with Gasteiger partial charge in [0, 0.05) is 28.2 Å². The Morgan fingerprint density at radius 2 is 1.52 bits per heavy atom. The smallest absolute Gasteiger partial charge is 0.137 e. The maximum absolute atomic E-state index is 4.45. The predicted molar refractivity (Wildman–Crippen MR) is 112 cm³/mol. The van der Waals surface area contributed by atoms with Gasteiger partial charge in [0.25, 0.3) is 0 Å². The number of fused-ring (bicyclic) bond motifs is 1. The molecular formula is C20H18N6S. The van der Waals surface area contributed by atoms with Crippen molar-refractivity contribution in [3.8, 4) is 0 Å². The van der Waals surface area contributed by atoms with Crippen molar-refractivity contribution in [3.05, 3.63) is 73.2 Å². The van der Waals surface area contributed by atoms with Gasteiger partial charge in [0.15, 0.2) is 0 Å². The zero-order chi connectivity index (χ0) is 18.5. The van der Waals surface area contributed by atoms with Gasteiger partial charge in [-0.15, -0.1) is 0 Å². The molecule has 0 aliphatic carbocycles. The highest BCUT2D eigenvalue weighted by molar-refractivity contribution is 7.97. The first-order valence-electron chi connectivity index (χ1n) is 8.45. The number of pyridine rings is 1. The van der Waals surface area contributed by atoms with E-state index in [4.69, 9.17) is 0 Å². The molecule has 7 heteroatoms. The molecule has 0 aliphatic heterocycles. The quantitative estimate of drug-likeness (QED) is 0.421. The van der Waals surface area contributed by atoms with E-state index < -0.39 is 0 Å². The lowest BCUT2D eigenvalue weighted by Gasteiger charge is -2.09. The van der Waals surface area contributed by atoms with Crippen LogP contribution in [0.5, 0.6) is 0 Å². The van der Waals surface area contributed by atoms with E-state index in [-0.39, 0.29) is 0 Å². The topological polar surface area (TPSA) is 74.8 Å². The van der Waals surface area contributed by atoms with Crippen LogP contribution in [-0.4, -0.2) is 22.0 Å². The van der Waals surface area contributed by atoms with Crippen molar-refractivity contribution in [2.75, 3.05) is 17.7 Å². The fourth-order valence-electron chi connectivity index (χ4n) is 2.68. The summed E-state index contributed by atoms with van der Waals surface area (Å²) in [5.41, 5.74) is 0.962. The summed E-state index contributed by atoms with van der Waals surface area (Å²) in [6.45, 7) is 0. The average molecular weight is 374 g/mol. The summed E-state index contributed by atoms with van der Waals surface area (Å²) in [4.78, 5) is 14.2. The molecule has 0 saturated carbocycles. The molecule has 0 amide bonds. The summed E-state index contributed by atoms with van der Waals surface area (Å²) >= 11 is 1.56. The van der Waals surface area contributed by atoms with Crippen molar-refractivity contribution < 1.29 is 0 Å². The highest BCUT2D eigenvalue weighted by Gasteiger charge is 2.03. The molecule has 0 bridgehead atoms. The van der Waals surface area contributed by atoms with Gasteiger partial charge in [0.05, 0.1) is 0 Å². The number of hydrogen-bond donors (Lipinski definition) is 3. The number of rotatable bonds is 6. The molecule has 2 aromatic carbocycles. The second-order valence-corrected chi connectivity index (χ2v) is 6.87. The molecule has 0 radical (unpaired) electrons. The maximum Gasteiger partial charge on any atom is 0.137 e. The van der Waals surface area contributed by atoms with E-state index in [9.17, 15) is 0 Å². The van der Waals surface area contributed by atoms with Crippen molar-refractivity contribution in [2.45, 2.75) is 4.90 Å². The van der Waals surface area contributed by atoms with E-state index in [0.29, 0.717) is 11.6 Å². The van der Waals surface area contributed by atoms with Crippen LogP contribution >= 0.6 is 11.9 Å². The number of benzene rings is 2. The third-order valence-corrected chi connectivity index (χ3v) is 4.57. The Labute approximate surface area is 161 Å². The number of anilines is 4. The molecule has 0 fully saturated rings. The van der Waals surface area contributed by atoms with Gasteiger partial charge in [-0.1, -0.05) is 30.3 Å². The van der Waals surface area contributed by atoms with Gasteiger partial charge in [-0.2, -0.15) is 0 Å². The third-order valence-electron chi connectivity index (χ3n) is 3.88. The number of aromatic nitrogens is 3. The largest absolute Gasteiger partial charge is 0.340 e. The molecule has 27 heavy (non-hydrogen) atoms. The molecule has 0 atom stereocenters. The monoisotopic (exact) mass is 374 g/mol. The molecule has 4 aromatic rings. The summed E-state index contributed by atoms with van der Waals surface area (Å²) < 4.78 is 3.07. The zero-order valence-corrected chi connectivity index (χ0v) is 15.5. The fourth-order valence-corrected chi connectivity index (χ4v) is 3.25. The van der Waals surface area contributed by atoms with Crippen molar-refractivity contribution in [2.24, 2.45) is 0 Å². The van der Waals surface area contributed by atoms with Crippen LogP contribution in [-0.2, 0) is 0 Å². The first-order chi connectivity index (χ1) is 13.3.